The SMILES string of the molecule is CC1CCC(O)(CNC(=O)c2n[nH]c(C(C)C)n2)CC1. The fourth-order valence-electron chi connectivity index (χ4n) is 2.43. The van der Waals surface area contributed by atoms with Crippen LogP contribution in [0.1, 0.15) is 68.8 Å². The van der Waals surface area contributed by atoms with Crippen LogP contribution in [-0.4, -0.2) is 38.3 Å². The molecular weight excluding hydrogens is 256 g/mol. The zero-order chi connectivity index (χ0) is 14.8. The van der Waals surface area contributed by atoms with Crippen molar-refractivity contribution in [3.8, 4) is 0 Å². The summed E-state index contributed by atoms with van der Waals surface area (Å²) in [7, 11) is 0. The minimum Gasteiger partial charge on any atom is -0.388 e. The highest BCUT2D eigenvalue weighted by molar-refractivity contribution is 5.90. The van der Waals surface area contributed by atoms with Gasteiger partial charge in [0, 0.05) is 12.5 Å². The molecule has 0 atom stereocenters. The van der Waals surface area contributed by atoms with Gasteiger partial charge in [-0.25, -0.2) is 4.98 Å². The average molecular weight is 280 g/mol. The third kappa shape index (κ3) is 3.56. The molecule has 1 saturated carbocycles. The van der Waals surface area contributed by atoms with Gasteiger partial charge in [-0.05, 0) is 31.6 Å². The highest BCUT2D eigenvalue weighted by Crippen LogP contribution is 2.31. The van der Waals surface area contributed by atoms with Crippen LogP contribution in [0.25, 0.3) is 0 Å². The third-order valence-corrected chi connectivity index (χ3v) is 4.04. The summed E-state index contributed by atoms with van der Waals surface area (Å²) in [6, 6.07) is 0. The Hall–Kier alpha value is -1.43. The quantitative estimate of drug-likeness (QED) is 0.781. The van der Waals surface area contributed by atoms with Crippen molar-refractivity contribution < 1.29 is 9.90 Å². The number of nitrogens with one attached hydrogen (secondary N) is 2. The second-order valence-electron chi connectivity index (χ2n) is 6.29. The number of nitrogens with zero attached hydrogens (tertiary/aromatic N) is 2. The molecule has 1 amide bonds. The first-order valence-electron chi connectivity index (χ1n) is 7.32. The largest absolute Gasteiger partial charge is 0.388 e. The number of carbonyl (C=O) groups is 1. The number of aromatic nitrogens is 3. The van der Waals surface area contributed by atoms with Crippen LogP contribution >= 0.6 is 0 Å². The second-order valence-corrected chi connectivity index (χ2v) is 6.29. The Kier molecular flexibility index (Phi) is 4.42. The molecule has 0 saturated heterocycles. The van der Waals surface area contributed by atoms with Crippen molar-refractivity contribution in [3.05, 3.63) is 11.6 Å². The normalized spacial score (nSPS) is 26.8. The molecule has 0 aliphatic heterocycles. The standard InChI is InChI=1S/C14H24N4O2/c1-9(2)11-16-12(18-17-11)13(19)15-8-14(20)6-4-10(3)5-7-14/h9-10,20H,4-8H2,1-3H3,(H,15,19)(H,16,17,18). The second kappa shape index (κ2) is 5.91. The van der Waals surface area contributed by atoms with Gasteiger partial charge < -0.3 is 10.4 Å². The van der Waals surface area contributed by atoms with Crippen LogP contribution in [-0.2, 0) is 0 Å². The molecule has 1 aliphatic rings. The van der Waals surface area contributed by atoms with Crippen molar-refractivity contribution in [2.45, 2.75) is 58.0 Å². The van der Waals surface area contributed by atoms with Gasteiger partial charge in [-0.3, -0.25) is 9.89 Å². The highest BCUT2D eigenvalue weighted by atomic mass is 16.3. The maximum Gasteiger partial charge on any atom is 0.291 e. The molecule has 3 N–H and O–H groups in total. The fourth-order valence-corrected chi connectivity index (χ4v) is 2.43. The molecule has 1 aromatic rings. The van der Waals surface area contributed by atoms with E-state index in [1.165, 1.54) is 0 Å². The van der Waals surface area contributed by atoms with Crippen molar-refractivity contribution in [1.82, 2.24) is 20.5 Å². The molecule has 0 bridgehead atoms. The number of aromatic amines is 1. The van der Waals surface area contributed by atoms with Gasteiger partial charge in [0.1, 0.15) is 5.82 Å². The van der Waals surface area contributed by atoms with Crippen LogP contribution < -0.4 is 5.32 Å². The fraction of sp³-hybridized carbons (Fsp3) is 0.786. The maximum atomic E-state index is 12.0. The molecule has 112 valence electrons. The van der Waals surface area contributed by atoms with Gasteiger partial charge in [0.25, 0.3) is 5.91 Å². The van der Waals surface area contributed by atoms with E-state index in [0.29, 0.717) is 11.7 Å². The molecule has 0 unspecified atom stereocenters. The number of rotatable bonds is 4. The number of carbonyl (C=O) groups excluding carboxylic acids is 1. The van der Waals surface area contributed by atoms with E-state index in [2.05, 4.69) is 27.4 Å². The maximum absolute atomic E-state index is 12.0. The minimum atomic E-state index is -0.778. The van der Waals surface area contributed by atoms with E-state index in [9.17, 15) is 9.90 Å². The van der Waals surface area contributed by atoms with Gasteiger partial charge in [0.15, 0.2) is 0 Å². The molecule has 2 rings (SSSR count). The number of amides is 1. The summed E-state index contributed by atoms with van der Waals surface area (Å²) in [6.07, 6.45) is 3.48. The summed E-state index contributed by atoms with van der Waals surface area (Å²) in [6.45, 7) is 6.42. The van der Waals surface area contributed by atoms with E-state index in [-0.39, 0.29) is 24.2 Å². The number of H-pyrrole nitrogens is 1. The molecule has 1 aromatic heterocycles. The lowest BCUT2D eigenvalue weighted by molar-refractivity contribution is -0.00547. The predicted molar refractivity (Wildman–Crippen MR) is 75.4 cm³/mol. The Bertz CT molecular complexity index is 461. The van der Waals surface area contributed by atoms with E-state index >= 15 is 0 Å². The Morgan fingerprint density at radius 2 is 2.15 bits per heavy atom. The summed E-state index contributed by atoms with van der Waals surface area (Å²) in [5, 5.41) is 19.8. The van der Waals surface area contributed by atoms with Crippen LogP contribution in [0.2, 0.25) is 0 Å². The van der Waals surface area contributed by atoms with Crippen molar-refractivity contribution in [2.75, 3.05) is 6.54 Å². The van der Waals surface area contributed by atoms with E-state index in [0.717, 1.165) is 25.7 Å². The van der Waals surface area contributed by atoms with Crippen LogP contribution in [0.15, 0.2) is 0 Å². The first-order chi connectivity index (χ1) is 9.39. The number of aliphatic hydroxyl groups is 1. The van der Waals surface area contributed by atoms with Crippen molar-refractivity contribution in [2.24, 2.45) is 5.92 Å². The van der Waals surface area contributed by atoms with Gasteiger partial charge in [-0.15, -0.1) is 5.10 Å². The Morgan fingerprint density at radius 1 is 1.50 bits per heavy atom. The molecule has 0 aromatic carbocycles. The Morgan fingerprint density at radius 3 is 2.70 bits per heavy atom. The summed E-state index contributed by atoms with van der Waals surface area (Å²) in [5.74, 6) is 1.36. The van der Waals surface area contributed by atoms with Gasteiger partial charge in [0.05, 0.1) is 5.60 Å². The molecule has 6 nitrogen and oxygen atoms in total. The smallest absolute Gasteiger partial charge is 0.291 e. The third-order valence-electron chi connectivity index (χ3n) is 4.04. The lowest BCUT2D eigenvalue weighted by atomic mass is 9.79. The first kappa shape index (κ1) is 15.0. The number of hydrogen-bond acceptors (Lipinski definition) is 4. The van der Waals surface area contributed by atoms with E-state index < -0.39 is 5.60 Å². The van der Waals surface area contributed by atoms with E-state index in [1.54, 1.807) is 0 Å². The molecule has 1 heterocycles. The Balaban J connectivity index is 1.88. The van der Waals surface area contributed by atoms with Crippen molar-refractivity contribution >= 4 is 5.91 Å². The Labute approximate surface area is 119 Å². The average Bonchev–Trinajstić information content (AvgIpc) is 2.90. The van der Waals surface area contributed by atoms with Crippen LogP contribution in [0.4, 0.5) is 0 Å². The topological polar surface area (TPSA) is 90.9 Å². The molecule has 0 spiro atoms. The molecule has 0 radical (unpaired) electrons. The zero-order valence-electron chi connectivity index (χ0n) is 12.4. The minimum absolute atomic E-state index is 0.140. The molecule has 1 fully saturated rings. The van der Waals surface area contributed by atoms with Crippen LogP contribution in [0.5, 0.6) is 0 Å². The van der Waals surface area contributed by atoms with Gasteiger partial charge >= 0.3 is 0 Å². The monoisotopic (exact) mass is 280 g/mol. The van der Waals surface area contributed by atoms with Crippen molar-refractivity contribution in [3.63, 3.8) is 0 Å². The summed E-state index contributed by atoms with van der Waals surface area (Å²) >= 11 is 0. The van der Waals surface area contributed by atoms with E-state index in [1.807, 2.05) is 13.8 Å². The van der Waals surface area contributed by atoms with Gasteiger partial charge in [0.2, 0.25) is 5.82 Å². The molecule has 1 aliphatic carbocycles. The lowest BCUT2D eigenvalue weighted by Gasteiger charge is -2.34. The highest BCUT2D eigenvalue weighted by Gasteiger charge is 2.32. The molecular formula is C14H24N4O2. The summed E-state index contributed by atoms with van der Waals surface area (Å²) in [4.78, 5) is 16.1. The summed E-state index contributed by atoms with van der Waals surface area (Å²) < 4.78 is 0. The molecule has 20 heavy (non-hydrogen) atoms. The van der Waals surface area contributed by atoms with Crippen LogP contribution in [0, 0.1) is 5.92 Å². The predicted octanol–water partition coefficient (Wildman–Crippen LogP) is 1.60. The van der Waals surface area contributed by atoms with E-state index in [4.69, 9.17) is 0 Å². The lowest BCUT2D eigenvalue weighted by Crippen LogP contribution is -2.45. The number of hydrogen-bond donors (Lipinski definition) is 3. The summed E-state index contributed by atoms with van der Waals surface area (Å²) in [5.41, 5.74) is -0.778. The van der Waals surface area contributed by atoms with Gasteiger partial charge in [-0.2, -0.15) is 0 Å². The van der Waals surface area contributed by atoms with Gasteiger partial charge in [-0.1, -0.05) is 20.8 Å². The first-order valence-corrected chi connectivity index (χ1v) is 7.32. The van der Waals surface area contributed by atoms with Crippen LogP contribution in [0.3, 0.4) is 0 Å². The zero-order valence-corrected chi connectivity index (χ0v) is 12.4. The van der Waals surface area contributed by atoms with Crippen molar-refractivity contribution in [1.29, 1.82) is 0 Å². The molecule has 6 heteroatoms.